The van der Waals surface area contributed by atoms with Crippen molar-refractivity contribution in [1.29, 1.82) is 0 Å². The summed E-state index contributed by atoms with van der Waals surface area (Å²) in [5.41, 5.74) is 4.70. The van der Waals surface area contributed by atoms with E-state index in [-0.39, 0.29) is 5.70 Å². The second kappa shape index (κ2) is 9.88. The van der Waals surface area contributed by atoms with E-state index in [1.54, 1.807) is 42.5 Å². The van der Waals surface area contributed by atoms with E-state index in [1.807, 2.05) is 49.3 Å². The first-order valence-corrected chi connectivity index (χ1v) is 9.25. The summed E-state index contributed by atoms with van der Waals surface area (Å²) < 4.78 is 5.14. The maximum absolute atomic E-state index is 12.7. The zero-order valence-corrected chi connectivity index (χ0v) is 16.7. The maximum atomic E-state index is 12.7. The molecule has 0 saturated heterocycles. The molecule has 1 heterocycles. The Bertz CT molecular complexity index is 1040. The van der Waals surface area contributed by atoms with Crippen molar-refractivity contribution < 1.29 is 14.0 Å². The molecule has 2 aromatic carbocycles. The second-order valence-electron chi connectivity index (χ2n) is 6.58. The minimum atomic E-state index is -0.557. The van der Waals surface area contributed by atoms with Gasteiger partial charge in [0.1, 0.15) is 11.5 Å². The number of carbonyl (C=O) groups is 2. The number of anilines is 1. The van der Waals surface area contributed by atoms with E-state index in [9.17, 15) is 9.59 Å². The SMILES string of the molecule is CN(C)c1ccc(/C=C(\NC(=O)c2ccccc2)C(=O)N/N=C/c2ccco2)cc1. The summed E-state index contributed by atoms with van der Waals surface area (Å²) >= 11 is 0. The van der Waals surface area contributed by atoms with Crippen molar-refractivity contribution in [3.05, 3.63) is 95.6 Å². The lowest BCUT2D eigenvalue weighted by Gasteiger charge is -2.12. The molecule has 2 N–H and O–H groups in total. The Morgan fingerprint density at radius 2 is 1.70 bits per heavy atom. The highest BCUT2D eigenvalue weighted by Gasteiger charge is 2.14. The van der Waals surface area contributed by atoms with E-state index in [0.29, 0.717) is 11.3 Å². The summed E-state index contributed by atoms with van der Waals surface area (Å²) in [6.07, 6.45) is 4.48. The highest BCUT2D eigenvalue weighted by Crippen LogP contribution is 2.14. The molecule has 1 aromatic heterocycles. The summed E-state index contributed by atoms with van der Waals surface area (Å²) in [5.74, 6) is -0.455. The normalized spacial score (nSPS) is 11.3. The van der Waals surface area contributed by atoms with Crippen LogP contribution in [0.4, 0.5) is 5.69 Å². The predicted molar refractivity (Wildman–Crippen MR) is 117 cm³/mol. The van der Waals surface area contributed by atoms with E-state index >= 15 is 0 Å². The van der Waals surface area contributed by atoms with Crippen molar-refractivity contribution in [3.8, 4) is 0 Å². The standard InChI is InChI=1S/C23H22N4O3/c1-27(2)19-12-10-17(11-13-19)15-21(25-22(28)18-7-4-3-5-8-18)23(29)26-24-16-20-9-6-14-30-20/h3-16H,1-2H3,(H,25,28)(H,26,29)/b21-15-,24-16+. The Labute approximate surface area is 174 Å². The van der Waals surface area contributed by atoms with Crippen LogP contribution < -0.4 is 15.6 Å². The molecule has 0 atom stereocenters. The van der Waals surface area contributed by atoms with E-state index in [1.165, 1.54) is 12.5 Å². The van der Waals surface area contributed by atoms with E-state index in [0.717, 1.165) is 11.3 Å². The lowest BCUT2D eigenvalue weighted by molar-refractivity contribution is -0.117. The van der Waals surface area contributed by atoms with Crippen molar-refractivity contribution in [3.63, 3.8) is 0 Å². The molecule has 0 saturated carbocycles. The van der Waals surface area contributed by atoms with Crippen molar-refractivity contribution in [2.45, 2.75) is 0 Å². The van der Waals surface area contributed by atoms with Gasteiger partial charge in [0.25, 0.3) is 11.8 Å². The molecule has 3 aromatic rings. The van der Waals surface area contributed by atoms with E-state index < -0.39 is 11.8 Å². The average Bonchev–Trinajstić information content (AvgIpc) is 3.27. The van der Waals surface area contributed by atoms with Crippen molar-refractivity contribution >= 4 is 29.8 Å². The Morgan fingerprint density at radius 1 is 0.967 bits per heavy atom. The van der Waals surface area contributed by atoms with Gasteiger partial charge in [-0.25, -0.2) is 5.43 Å². The summed E-state index contributed by atoms with van der Waals surface area (Å²) in [6.45, 7) is 0. The first-order chi connectivity index (χ1) is 14.5. The van der Waals surface area contributed by atoms with Crippen LogP contribution in [-0.4, -0.2) is 32.1 Å². The third kappa shape index (κ3) is 5.68. The van der Waals surface area contributed by atoms with Crippen LogP contribution in [-0.2, 0) is 4.79 Å². The van der Waals surface area contributed by atoms with Gasteiger partial charge in [-0.15, -0.1) is 0 Å². The molecule has 30 heavy (non-hydrogen) atoms. The lowest BCUT2D eigenvalue weighted by Crippen LogP contribution is -2.32. The second-order valence-corrected chi connectivity index (χ2v) is 6.58. The molecule has 7 nitrogen and oxygen atoms in total. The highest BCUT2D eigenvalue weighted by molar-refractivity contribution is 6.05. The average molecular weight is 402 g/mol. The number of nitrogens with zero attached hydrogens (tertiary/aromatic N) is 2. The van der Waals surface area contributed by atoms with Gasteiger partial charge >= 0.3 is 0 Å². The molecule has 0 fully saturated rings. The Hall–Kier alpha value is -4.13. The summed E-state index contributed by atoms with van der Waals surface area (Å²) in [6, 6.07) is 19.7. The first-order valence-electron chi connectivity index (χ1n) is 9.25. The summed E-state index contributed by atoms with van der Waals surface area (Å²) in [4.78, 5) is 27.2. The van der Waals surface area contributed by atoms with Crippen LogP contribution in [0.25, 0.3) is 6.08 Å². The quantitative estimate of drug-likeness (QED) is 0.361. The Morgan fingerprint density at radius 3 is 2.33 bits per heavy atom. The predicted octanol–water partition coefficient (Wildman–Crippen LogP) is 3.27. The number of hydrogen-bond acceptors (Lipinski definition) is 5. The van der Waals surface area contributed by atoms with E-state index in [4.69, 9.17) is 4.42 Å². The number of rotatable bonds is 7. The summed E-state index contributed by atoms with van der Waals surface area (Å²) in [5, 5.41) is 6.54. The van der Waals surface area contributed by atoms with Gasteiger partial charge in [0, 0.05) is 25.3 Å². The number of benzene rings is 2. The molecule has 0 aliphatic heterocycles. The van der Waals surface area contributed by atoms with Crippen molar-refractivity contribution in [1.82, 2.24) is 10.7 Å². The third-order valence-electron chi connectivity index (χ3n) is 4.15. The molecule has 0 radical (unpaired) electrons. The molecule has 152 valence electrons. The maximum Gasteiger partial charge on any atom is 0.287 e. The Kier molecular flexibility index (Phi) is 6.78. The number of amides is 2. The molecule has 0 aliphatic carbocycles. The number of nitrogens with one attached hydrogen (secondary N) is 2. The van der Waals surface area contributed by atoms with Crippen LogP contribution >= 0.6 is 0 Å². The van der Waals surface area contributed by atoms with Gasteiger partial charge in [0.15, 0.2) is 0 Å². The van der Waals surface area contributed by atoms with E-state index in [2.05, 4.69) is 15.8 Å². The van der Waals surface area contributed by atoms with Gasteiger partial charge in [-0.2, -0.15) is 5.10 Å². The minimum absolute atomic E-state index is 0.0676. The molecule has 0 spiro atoms. The van der Waals surface area contributed by atoms with Crippen LogP contribution in [0.1, 0.15) is 21.7 Å². The lowest BCUT2D eigenvalue weighted by atomic mass is 10.1. The van der Waals surface area contributed by atoms with Gasteiger partial charge < -0.3 is 14.6 Å². The molecular weight excluding hydrogens is 380 g/mol. The largest absolute Gasteiger partial charge is 0.463 e. The van der Waals surface area contributed by atoms with Gasteiger partial charge in [-0.05, 0) is 48.0 Å². The van der Waals surface area contributed by atoms with Crippen LogP contribution in [0.5, 0.6) is 0 Å². The first kappa shape index (κ1) is 20.6. The zero-order valence-electron chi connectivity index (χ0n) is 16.7. The summed E-state index contributed by atoms with van der Waals surface area (Å²) in [7, 11) is 3.89. The number of hydrazone groups is 1. The van der Waals surface area contributed by atoms with Crippen molar-refractivity contribution in [2.24, 2.45) is 5.10 Å². The fourth-order valence-electron chi connectivity index (χ4n) is 2.56. The smallest absolute Gasteiger partial charge is 0.287 e. The molecule has 2 amide bonds. The molecule has 0 aliphatic rings. The molecule has 0 unspecified atom stereocenters. The zero-order chi connectivity index (χ0) is 21.3. The third-order valence-corrected chi connectivity index (χ3v) is 4.15. The van der Waals surface area contributed by atoms with Gasteiger partial charge in [-0.1, -0.05) is 30.3 Å². The Balaban J connectivity index is 1.81. The van der Waals surface area contributed by atoms with Gasteiger partial charge in [0.2, 0.25) is 0 Å². The van der Waals surface area contributed by atoms with Crippen LogP contribution in [0.15, 0.2) is 88.2 Å². The van der Waals surface area contributed by atoms with Crippen molar-refractivity contribution in [2.75, 3.05) is 19.0 Å². The molecule has 7 heteroatoms. The number of furan rings is 1. The fourth-order valence-corrected chi connectivity index (χ4v) is 2.56. The fraction of sp³-hybridized carbons (Fsp3) is 0.0870. The minimum Gasteiger partial charge on any atom is -0.463 e. The van der Waals surface area contributed by atoms with Crippen LogP contribution in [0.3, 0.4) is 0 Å². The topological polar surface area (TPSA) is 86.9 Å². The molecule has 0 bridgehead atoms. The molecule has 3 rings (SSSR count). The van der Waals surface area contributed by atoms with Crippen LogP contribution in [0, 0.1) is 0 Å². The van der Waals surface area contributed by atoms with Gasteiger partial charge in [-0.3, -0.25) is 9.59 Å². The number of hydrogen-bond donors (Lipinski definition) is 2. The van der Waals surface area contributed by atoms with Gasteiger partial charge in [0.05, 0.1) is 12.5 Å². The monoisotopic (exact) mass is 402 g/mol. The highest BCUT2D eigenvalue weighted by atomic mass is 16.3. The molecular formula is C23H22N4O3. The van der Waals surface area contributed by atoms with Crippen LogP contribution in [0.2, 0.25) is 0 Å². The number of carbonyl (C=O) groups excluding carboxylic acids is 2.